The van der Waals surface area contributed by atoms with E-state index in [-0.39, 0.29) is 0 Å². The molecule has 32 heavy (non-hydrogen) atoms. The molecule has 6 rings (SSSR count). The Kier molecular flexibility index (Phi) is 4.73. The Labute approximate surface area is 202 Å². The Balaban J connectivity index is 1.71. The van der Waals surface area contributed by atoms with Crippen molar-refractivity contribution in [2.75, 3.05) is 0 Å². The van der Waals surface area contributed by atoms with E-state index in [1.54, 1.807) is 0 Å². The van der Waals surface area contributed by atoms with Gasteiger partial charge in [-0.1, -0.05) is 0 Å². The van der Waals surface area contributed by atoms with Gasteiger partial charge in [0.1, 0.15) is 0 Å². The van der Waals surface area contributed by atoms with Crippen LogP contribution in [-0.4, -0.2) is 34.7 Å². The standard InChI is InChI=1S/C29H19N2.Bi/c1-19-16-17-30-29(31-19)20-14-15-27-25-12-5-4-10-23(25)21-8-2-3-9-22(21)24-11-6-7-13-26(24)28(27)18-20;/h2-16,18H,1H3;. The van der Waals surface area contributed by atoms with Gasteiger partial charge in [-0.15, -0.1) is 0 Å². The zero-order valence-corrected chi connectivity index (χ0v) is 21.1. The van der Waals surface area contributed by atoms with Crippen LogP contribution in [0.1, 0.15) is 5.69 Å². The fraction of sp³-hybridized carbons (Fsp3) is 0.0345. The topological polar surface area (TPSA) is 25.8 Å². The van der Waals surface area contributed by atoms with Crippen LogP contribution in [0.4, 0.5) is 0 Å². The Bertz CT molecular complexity index is 1480. The molecule has 0 saturated carbocycles. The van der Waals surface area contributed by atoms with Gasteiger partial charge >= 0.3 is 204 Å². The number of fused-ring (bicyclic) bond motifs is 8. The second kappa shape index (κ2) is 7.76. The quantitative estimate of drug-likeness (QED) is 0.208. The van der Waals surface area contributed by atoms with Gasteiger partial charge in [-0.3, -0.25) is 0 Å². The van der Waals surface area contributed by atoms with E-state index in [2.05, 4.69) is 97.1 Å². The van der Waals surface area contributed by atoms with E-state index in [0.29, 0.717) is 0 Å². The number of benzene rings is 4. The third-order valence-electron chi connectivity index (χ3n) is 6.06. The van der Waals surface area contributed by atoms with Gasteiger partial charge in [0.05, 0.1) is 0 Å². The van der Waals surface area contributed by atoms with E-state index >= 15 is 0 Å². The van der Waals surface area contributed by atoms with Crippen molar-refractivity contribution in [1.82, 2.24) is 9.97 Å². The van der Waals surface area contributed by atoms with Crippen LogP contribution in [0.2, 0.25) is 0 Å². The molecule has 0 saturated heterocycles. The summed E-state index contributed by atoms with van der Waals surface area (Å²) < 4.78 is 1.10. The summed E-state index contributed by atoms with van der Waals surface area (Å²) in [7, 11) is 0. The van der Waals surface area contributed by atoms with Crippen LogP contribution in [-0.2, 0) is 0 Å². The molecule has 0 N–H and O–H groups in total. The van der Waals surface area contributed by atoms with Crippen LogP contribution < -0.4 is 3.40 Å². The van der Waals surface area contributed by atoms with Gasteiger partial charge in [0.25, 0.3) is 0 Å². The third-order valence-corrected chi connectivity index (χ3v) is 6.95. The number of nitrogens with zero attached hydrogens (tertiary/aromatic N) is 2. The van der Waals surface area contributed by atoms with Gasteiger partial charge in [0, 0.05) is 0 Å². The monoisotopic (exact) mass is 604 g/mol. The number of rotatable bonds is 1. The number of aryl methyl sites for hydroxylation is 1. The van der Waals surface area contributed by atoms with Gasteiger partial charge in [-0.05, 0) is 0 Å². The van der Waals surface area contributed by atoms with Crippen LogP contribution >= 0.6 is 0 Å². The molecule has 1 heterocycles. The van der Waals surface area contributed by atoms with E-state index < -0.39 is 0 Å². The number of hydrogen-bond donors (Lipinski definition) is 0. The molecule has 0 spiro atoms. The van der Waals surface area contributed by atoms with E-state index in [1.807, 2.05) is 6.92 Å². The third kappa shape index (κ3) is 3.20. The van der Waals surface area contributed by atoms with Gasteiger partial charge in [0.15, 0.2) is 0 Å². The van der Waals surface area contributed by atoms with Crippen LogP contribution in [0.3, 0.4) is 0 Å². The number of aromatic nitrogens is 2. The zero-order chi connectivity index (χ0) is 21.7. The normalized spacial score (nSPS) is 11.4. The summed E-state index contributed by atoms with van der Waals surface area (Å²) in [5.41, 5.74) is 12.1. The van der Waals surface area contributed by atoms with Crippen LogP contribution in [0.15, 0.2) is 97.1 Å². The first-order valence-corrected chi connectivity index (χ1v) is 12.4. The molecule has 0 aliphatic heterocycles. The Morgan fingerprint density at radius 1 is 0.500 bits per heavy atom. The van der Waals surface area contributed by atoms with E-state index in [1.165, 1.54) is 44.5 Å². The molecule has 0 atom stereocenters. The first-order valence-electron chi connectivity index (χ1n) is 10.7. The van der Waals surface area contributed by atoms with Gasteiger partial charge in [-0.2, -0.15) is 0 Å². The summed E-state index contributed by atoms with van der Waals surface area (Å²) in [5.74, 6) is 0.804. The van der Waals surface area contributed by atoms with E-state index in [4.69, 9.17) is 9.97 Å². The molecule has 4 aromatic carbocycles. The molecule has 0 fully saturated rings. The molecular weight excluding hydrogens is 585 g/mol. The summed E-state index contributed by atoms with van der Waals surface area (Å²) >= 11 is 1.13. The summed E-state index contributed by atoms with van der Waals surface area (Å²) in [6.45, 7) is 2.04. The average molecular weight is 604 g/mol. The van der Waals surface area contributed by atoms with Crippen molar-refractivity contribution in [2.45, 2.75) is 6.92 Å². The SMILES string of the molecule is Cc1c[c]([Bi])nc(-c2ccc3c(c2)-c2ccccc2-c2ccccc2-c2ccccc2-3)n1. The van der Waals surface area contributed by atoms with Crippen LogP contribution in [0.25, 0.3) is 55.9 Å². The number of hydrogen-bond acceptors (Lipinski definition) is 2. The van der Waals surface area contributed by atoms with Crippen molar-refractivity contribution in [1.29, 1.82) is 0 Å². The van der Waals surface area contributed by atoms with Crippen molar-refractivity contribution in [3.05, 3.63) is 103 Å². The van der Waals surface area contributed by atoms with Crippen molar-refractivity contribution in [3.63, 3.8) is 0 Å². The van der Waals surface area contributed by atoms with Crippen LogP contribution in [0.5, 0.6) is 0 Å². The van der Waals surface area contributed by atoms with E-state index in [0.717, 1.165) is 45.2 Å². The summed E-state index contributed by atoms with van der Waals surface area (Å²) in [6.07, 6.45) is 0. The Morgan fingerprint density at radius 2 is 0.938 bits per heavy atom. The minimum atomic E-state index is 0.804. The molecular formula is C29H19BiN2. The average Bonchev–Trinajstić information content (AvgIpc) is 2.82. The van der Waals surface area contributed by atoms with Crippen LogP contribution in [0, 0.1) is 6.92 Å². The predicted octanol–water partition coefficient (Wildman–Crippen LogP) is 6.23. The Hall–Kier alpha value is -3.16. The molecule has 0 amide bonds. The molecule has 3 heteroatoms. The van der Waals surface area contributed by atoms with Gasteiger partial charge in [-0.25, -0.2) is 0 Å². The minimum absolute atomic E-state index is 0.804. The molecule has 1 aliphatic carbocycles. The van der Waals surface area contributed by atoms with E-state index in [9.17, 15) is 0 Å². The first-order chi connectivity index (χ1) is 15.7. The molecule has 5 aromatic rings. The van der Waals surface area contributed by atoms with Crippen molar-refractivity contribution >= 4 is 28.1 Å². The fourth-order valence-corrected chi connectivity index (χ4v) is 5.78. The fourth-order valence-electron chi connectivity index (χ4n) is 4.68. The van der Waals surface area contributed by atoms with Crippen molar-refractivity contribution in [2.24, 2.45) is 0 Å². The van der Waals surface area contributed by atoms with Crippen molar-refractivity contribution < 1.29 is 0 Å². The molecule has 1 aliphatic rings. The molecule has 1 aromatic heterocycles. The second-order valence-corrected chi connectivity index (χ2v) is 9.87. The second-order valence-electron chi connectivity index (χ2n) is 8.09. The van der Waals surface area contributed by atoms with Crippen molar-refractivity contribution in [3.8, 4) is 55.9 Å². The molecule has 150 valence electrons. The summed E-state index contributed by atoms with van der Waals surface area (Å²) in [6, 6.07) is 34.9. The van der Waals surface area contributed by atoms with Gasteiger partial charge < -0.3 is 0 Å². The zero-order valence-electron chi connectivity index (χ0n) is 17.6. The first kappa shape index (κ1) is 19.5. The molecule has 0 unspecified atom stereocenters. The maximum absolute atomic E-state index is 4.77. The molecule has 2 radical (unpaired) electrons. The Morgan fingerprint density at radius 3 is 1.41 bits per heavy atom. The van der Waals surface area contributed by atoms with Gasteiger partial charge in [0.2, 0.25) is 0 Å². The molecule has 2 nitrogen and oxygen atoms in total. The summed E-state index contributed by atoms with van der Waals surface area (Å²) in [5, 5.41) is 0. The molecule has 0 bridgehead atoms. The predicted molar refractivity (Wildman–Crippen MR) is 133 cm³/mol. The maximum atomic E-state index is 4.77. The summed E-state index contributed by atoms with van der Waals surface area (Å²) in [4.78, 5) is 9.51.